The van der Waals surface area contributed by atoms with E-state index in [0.717, 1.165) is 63.7 Å². The monoisotopic (exact) mass is 359 g/mol. The van der Waals surface area contributed by atoms with E-state index in [9.17, 15) is 4.39 Å². The van der Waals surface area contributed by atoms with E-state index in [-0.39, 0.29) is 11.2 Å². The first-order valence-electron chi connectivity index (χ1n) is 9.32. The molecule has 0 saturated carbocycles. The summed E-state index contributed by atoms with van der Waals surface area (Å²) in [5, 5.41) is 10.8. The zero-order chi connectivity index (χ0) is 17.8. The number of rotatable bonds is 4. The Hall–Kier alpha value is -1.83. The second-order valence-corrected chi connectivity index (χ2v) is 7.67. The molecule has 3 heterocycles. The first-order chi connectivity index (χ1) is 12.7. The van der Waals surface area contributed by atoms with Gasteiger partial charge in [0.05, 0.1) is 25.1 Å². The van der Waals surface area contributed by atoms with Gasteiger partial charge >= 0.3 is 0 Å². The predicted molar refractivity (Wildman–Crippen MR) is 95.8 cm³/mol. The molecule has 1 N–H and O–H groups in total. The maximum Gasteiger partial charge on any atom is 0.123 e. The fourth-order valence-corrected chi connectivity index (χ4v) is 4.29. The van der Waals surface area contributed by atoms with Crippen LogP contribution < -0.4 is 0 Å². The summed E-state index contributed by atoms with van der Waals surface area (Å²) in [7, 11) is 0. The van der Waals surface area contributed by atoms with Gasteiger partial charge < -0.3 is 4.74 Å². The Morgan fingerprint density at radius 2 is 1.92 bits per heavy atom. The molecule has 1 aromatic heterocycles. The standard InChI is InChI=1S/C19H26FN5O/c20-17-4-2-16(3-5-17)11-24-7-1-6-19(13-24)14-25(8-9-26-15-19)12-18-10-21-23-22-18/h2-5,10H,1,6-9,11-15H2,(H,21,22,23). The molecule has 2 fully saturated rings. The zero-order valence-electron chi connectivity index (χ0n) is 15.0. The number of H-pyrrole nitrogens is 1. The molecule has 2 aromatic rings. The van der Waals surface area contributed by atoms with Gasteiger partial charge in [0.15, 0.2) is 0 Å². The molecule has 1 unspecified atom stereocenters. The molecule has 0 aliphatic carbocycles. The maximum absolute atomic E-state index is 13.1. The van der Waals surface area contributed by atoms with Crippen LogP contribution in [0, 0.1) is 11.2 Å². The molecule has 140 valence electrons. The van der Waals surface area contributed by atoms with Gasteiger partial charge in [-0.25, -0.2) is 4.39 Å². The van der Waals surface area contributed by atoms with Crippen molar-refractivity contribution < 1.29 is 9.13 Å². The Labute approximate surface area is 153 Å². The molecule has 6 nitrogen and oxygen atoms in total. The predicted octanol–water partition coefficient (Wildman–Crippen LogP) is 2.06. The summed E-state index contributed by atoms with van der Waals surface area (Å²) in [6.07, 6.45) is 4.14. The van der Waals surface area contributed by atoms with Gasteiger partial charge in [-0.15, -0.1) is 0 Å². The van der Waals surface area contributed by atoms with Gasteiger partial charge in [-0.3, -0.25) is 9.80 Å². The maximum atomic E-state index is 13.1. The normalized spacial score (nSPS) is 25.4. The van der Waals surface area contributed by atoms with Crippen LogP contribution >= 0.6 is 0 Å². The van der Waals surface area contributed by atoms with Gasteiger partial charge in [-0.2, -0.15) is 15.4 Å². The smallest absolute Gasteiger partial charge is 0.123 e. The zero-order valence-corrected chi connectivity index (χ0v) is 15.0. The average Bonchev–Trinajstić information content (AvgIpc) is 3.07. The van der Waals surface area contributed by atoms with E-state index in [2.05, 4.69) is 25.2 Å². The Morgan fingerprint density at radius 1 is 1.12 bits per heavy atom. The lowest BCUT2D eigenvalue weighted by Crippen LogP contribution is -2.50. The number of halogens is 1. The number of nitrogens with one attached hydrogen (secondary N) is 1. The third kappa shape index (κ3) is 4.28. The van der Waals surface area contributed by atoms with Crippen LogP contribution in [0.15, 0.2) is 30.5 Å². The number of aromatic nitrogens is 3. The number of hydrogen-bond donors (Lipinski definition) is 1. The minimum Gasteiger partial charge on any atom is -0.379 e. The number of piperidine rings is 1. The molecule has 1 aromatic carbocycles. The minimum atomic E-state index is -0.176. The summed E-state index contributed by atoms with van der Waals surface area (Å²) in [6, 6.07) is 6.86. The number of benzene rings is 1. The number of aromatic amines is 1. The molecule has 26 heavy (non-hydrogen) atoms. The fraction of sp³-hybridized carbons (Fsp3) is 0.579. The van der Waals surface area contributed by atoms with Gasteiger partial charge in [0.2, 0.25) is 0 Å². The molecule has 0 bridgehead atoms. The van der Waals surface area contributed by atoms with E-state index in [1.807, 2.05) is 12.1 Å². The van der Waals surface area contributed by atoms with E-state index in [1.165, 1.54) is 12.8 Å². The van der Waals surface area contributed by atoms with Crippen molar-refractivity contribution >= 4 is 0 Å². The summed E-state index contributed by atoms with van der Waals surface area (Å²) in [6.45, 7) is 7.28. The second-order valence-electron chi connectivity index (χ2n) is 7.67. The molecule has 1 atom stereocenters. The molecule has 4 rings (SSSR count). The second kappa shape index (κ2) is 7.82. The van der Waals surface area contributed by atoms with Crippen LogP contribution in [0.5, 0.6) is 0 Å². The largest absolute Gasteiger partial charge is 0.379 e. The highest BCUT2D eigenvalue weighted by atomic mass is 19.1. The fourth-order valence-electron chi connectivity index (χ4n) is 4.29. The molecular weight excluding hydrogens is 333 g/mol. The van der Waals surface area contributed by atoms with Crippen LogP contribution in [-0.4, -0.2) is 64.6 Å². The Bertz CT molecular complexity index is 692. The summed E-state index contributed by atoms with van der Waals surface area (Å²) >= 11 is 0. The third-order valence-electron chi connectivity index (χ3n) is 5.43. The van der Waals surface area contributed by atoms with E-state index in [4.69, 9.17) is 4.74 Å². The highest BCUT2D eigenvalue weighted by Crippen LogP contribution is 2.34. The van der Waals surface area contributed by atoms with Crippen molar-refractivity contribution in [3.63, 3.8) is 0 Å². The summed E-state index contributed by atoms with van der Waals surface area (Å²) in [5.41, 5.74) is 2.29. The molecule has 2 aliphatic heterocycles. The molecule has 1 spiro atoms. The van der Waals surface area contributed by atoms with E-state index in [0.29, 0.717) is 0 Å². The van der Waals surface area contributed by atoms with Crippen molar-refractivity contribution in [2.24, 2.45) is 5.41 Å². The molecule has 0 radical (unpaired) electrons. The van der Waals surface area contributed by atoms with Crippen molar-refractivity contribution in [1.29, 1.82) is 0 Å². The topological polar surface area (TPSA) is 57.3 Å². The van der Waals surface area contributed by atoms with Crippen molar-refractivity contribution in [1.82, 2.24) is 25.2 Å². The van der Waals surface area contributed by atoms with Crippen LogP contribution in [0.4, 0.5) is 4.39 Å². The third-order valence-corrected chi connectivity index (χ3v) is 5.43. The number of hydrogen-bond acceptors (Lipinski definition) is 5. The van der Waals surface area contributed by atoms with Crippen LogP contribution in [0.25, 0.3) is 0 Å². The SMILES string of the molecule is Fc1ccc(CN2CCCC3(COCCN(Cc4cn[nH]n4)C3)C2)cc1. The van der Waals surface area contributed by atoms with Gasteiger partial charge in [0.25, 0.3) is 0 Å². The molecule has 0 amide bonds. The summed E-state index contributed by atoms with van der Waals surface area (Å²) in [5.74, 6) is -0.176. The lowest BCUT2D eigenvalue weighted by Gasteiger charge is -2.43. The lowest BCUT2D eigenvalue weighted by molar-refractivity contribution is 0.00241. The summed E-state index contributed by atoms with van der Waals surface area (Å²) in [4.78, 5) is 4.92. The number of likely N-dealkylation sites (tertiary alicyclic amines) is 1. The highest BCUT2D eigenvalue weighted by Gasteiger charge is 2.38. The first-order valence-corrected chi connectivity index (χ1v) is 9.32. The van der Waals surface area contributed by atoms with Crippen molar-refractivity contribution in [3.8, 4) is 0 Å². The lowest BCUT2D eigenvalue weighted by atomic mass is 9.80. The Morgan fingerprint density at radius 3 is 2.69 bits per heavy atom. The summed E-state index contributed by atoms with van der Waals surface area (Å²) < 4.78 is 19.1. The average molecular weight is 359 g/mol. The quantitative estimate of drug-likeness (QED) is 0.906. The van der Waals surface area contributed by atoms with Crippen molar-refractivity contribution in [3.05, 3.63) is 47.5 Å². The van der Waals surface area contributed by atoms with Crippen LogP contribution in [0.1, 0.15) is 24.1 Å². The number of ether oxygens (including phenoxy) is 1. The molecular formula is C19H26FN5O. The van der Waals surface area contributed by atoms with Crippen LogP contribution in [0.2, 0.25) is 0 Å². The Balaban J connectivity index is 1.42. The van der Waals surface area contributed by atoms with E-state index in [1.54, 1.807) is 18.3 Å². The van der Waals surface area contributed by atoms with Gasteiger partial charge in [0, 0.05) is 38.1 Å². The minimum absolute atomic E-state index is 0.151. The van der Waals surface area contributed by atoms with Crippen LogP contribution in [-0.2, 0) is 17.8 Å². The van der Waals surface area contributed by atoms with Gasteiger partial charge in [0.1, 0.15) is 5.82 Å². The van der Waals surface area contributed by atoms with Crippen molar-refractivity contribution in [2.75, 3.05) is 39.4 Å². The molecule has 2 aliphatic rings. The highest BCUT2D eigenvalue weighted by molar-refractivity contribution is 5.16. The molecule has 7 heteroatoms. The van der Waals surface area contributed by atoms with Gasteiger partial charge in [-0.05, 0) is 37.1 Å². The van der Waals surface area contributed by atoms with Crippen LogP contribution in [0.3, 0.4) is 0 Å². The van der Waals surface area contributed by atoms with E-state index < -0.39 is 0 Å². The molecule has 2 saturated heterocycles. The Kier molecular flexibility index (Phi) is 5.28. The first kappa shape index (κ1) is 17.6. The van der Waals surface area contributed by atoms with E-state index >= 15 is 0 Å². The number of nitrogens with zero attached hydrogens (tertiary/aromatic N) is 4. The van der Waals surface area contributed by atoms with Gasteiger partial charge in [-0.1, -0.05) is 12.1 Å². The van der Waals surface area contributed by atoms with Crippen molar-refractivity contribution in [2.45, 2.75) is 25.9 Å².